The van der Waals surface area contributed by atoms with Gasteiger partial charge in [0, 0.05) is 25.2 Å². The Morgan fingerprint density at radius 2 is 2.14 bits per heavy atom. The van der Waals surface area contributed by atoms with Crippen LogP contribution in [0, 0.1) is 0 Å². The van der Waals surface area contributed by atoms with Gasteiger partial charge in [0.15, 0.2) is 6.23 Å². The summed E-state index contributed by atoms with van der Waals surface area (Å²) in [6, 6.07) is 1.10. The van der Waals surface area contributed by atoms with E-state index in [0.29, 0.717) is 5.82 Å². The number of aliphatic hydroxyl groups excluding tert-OH is 1. The van der Waals surface area contributed by atoms with Crippen LogP contribution in [-0.2, 0) is 14.0 Å². The highest BCUT2D eigenvalue weighted by Gasteiger charge is 2.18. The van der Waals surface area contributed by atoms with Crippen molar-refractivity contribution in [1.82, 2.24) is 9.55 Å². The zero-order valence-electron chi connectivity index (χ0n) is 11.7. The second-order valence-electron chi connectivity index (χ2n) is 4.22. The monoisotopic (exact) mass is 336 g/mol. The van der Waals surface area contributed by atoms with Crippen LogP contribution in [0.1, 0.15) is 6.23 Å². The quantitative estimate of drug-likeness (QED) is 0.430. The van der Waals surface area contributed by atoms with Crippen molar-refractivity contribution in [3.05, 3.63) is 45.0 Å². The molecule has 0 saturated heterocycles. The molecule has 22 heavy (non-hydrogen) atoms. The van der Waals surface area contributed by atoms with Gasteiger partial charge in [0.25, 0.3) is 5.56 Å². The van der Waals surface area contributed by atoms with Gasteiger partial charge in [-0.05, 0) is 6.08 Å². The van der Waals surface area contributed by atoms with Crippen LogP contribution in [0.15, 0.2) is 33.7 Å². The Labute approximate surface area is 124 Å². The van der Waals surface area contributed by atoms with Gasteiger partial charge in [0.05, 0.1) is 13.2 Å². The lowest BCUT2D eigenvalue weighted by molar-refractivity contribution is -0.0874. The fraction of sp³-hybridized carbons (Fsp3) is 0.455. The van der Waals surface area contributed by atoms with Crippen molar-refractivity contribution in [1.29, 1.82) is 0 Å². The highest BCUT2D eigenvalue weighted by Crippen LogP contribution is 2.36. The highest BCUT2D eigenvalue weighted by molar-refractivity contribution is 7.55. The number of hydrogen-bond acceptors (Lipinski definition) is 6. The van der Waals surface area contributed by atoms with Crippen molar-refractivity contribution in [2.45, 2.75) is 12.3 Å². The number of aromatic nitrogens is 2. The lowest BCUT2D eigenvalue weighted by Crippen LogP contribution is -2.36. The third-order valence-corrected chi connectivity index (χ3v) is 3.04. The minimum absolute atomic E-state index is 0.0911. The molecular weight excluding hydrogens is 319 g/mol. The third kappa shape index (κ3) is 6.06. The van der Waals surface area contributed by atoms with Gasteiger partial charge in [-0.2, -0.15) is 0 Å². The average Bonchev–Trinajstić information content (AvgIpc) is 2.41. The van der Waals surface area contributed by atoms with Gasteiger partial charge < -0.3 is 24.4 Å². The lowest BCUT2D eigenvalue weighted by atomic mass is 10.3. The van der Waals surface area contributed by atoms with E-state index in [2.05, 4.69) is 0 Å². The summed E-state index contributed by atoms with van der Waals surface area (Å²) in [5.41, 5.74) is -1.33. The molecule has 1 rings (SSSR count). The normalized spacial score (nSPS) is 15.1. The van der Waals surface area contributed by atoms with E-state index >= 15 is 0 Å². The van der Waals surface area contributed by atoms with Gasteiger partial charge in [-0.3, -0.25) is 18.9 Å². The van der Waals surface area contributed by atoms with Crippen LogP contribution in [0.4, 0.5) is 0 Å². The zero-order chi connectivity index (χ0) is 16.8. The number of aromatic amines is 1. The van der Waals surface area contributed by atoms with Crippen LogP contribution in [-0.4, -0.2) is 50.9 Å². The van der Waals surface area contributed by atoms with E-state index in [1.807, 2.05) is 4.98 Å². The molecule has 10 nitrogen and oxygen atoms in total. The number of hydrogen-bond donors (Lipinski definition) is 4. The van der Waals surface area contributed by atoms with Crippen molar-refractivity contribution in [2.75, 3.05) is 20.3 Å². The number of H-pyrrole nitrogens is 1. The largest absolute Gasteiger partial charge is 0.393 e. The van der Waals surface area contributed by atoms with Gasteiger partial charge in [-0.1, -0.05) is 0 Å². The number of nitrogens with zero attached hydrogens (tertiary/aromatic N) is 1. The molecule has 0 fully saturated rings. The summed E-state index contributed by atoms with van der Waals surface area (Å²) in [4.78, 5) is 42.3. The van der Waals surface area contributed by atoms with E-state index in [1.54, 1.807) is 0 Å². The molecule has 124 valence electrons. The first-order chi connectivity index (χ1) is 10.3. The number of methoxy groups -OCH3 is 1. The predicted octanol–water partition coefficient (Wildman–Crippen LogP) is -1.25. The first-order valence-corrected chi connectivity index (χ1v) is 7.76. The SMILES string of the molecule is COC[C@@H](O[C@H](/C=C/P(=O)(O)O)CO)n1ccc(=O)[nH]c1=O. The van der Waals surface area contributed by atoms with Crippen molar-refractivity contribution in [3.8, 4) is 0 Å². The van der Waals surface area contributed by atoms with E-state index in [1.165, 1.54) is 13.3 Å². The van der Waals surface area contributed by atoms with Crippen LogP contribution in [0.5, 0.6) is 0 Å². The van der Waals surface area contributed by atoms with Crippen LogP contribution < -0.4 is 11.2 Å². The average molecular weight is 336 g/mol. The fourth-order valence-corrected chi connectivity index (χ4v) is 1.96. The topological polar surface area (TPSA) is 151 Å². The van der Waals surface area contributed by atoms with Gasteiger partial charge in [0.1, 0.15) is 6.10 Å². The Morgan fingerprint density at radius 3 is 2.64 bits per heavy atom. The van der Waals surface area contributed by atoms with Gasteiger partial charge in [-0.25, -0.2) is 4.79 Å². The predicted molar refractivity (Wildman–Crippen MR) is 75.4 cm³/mol. The maximum atomic E-state index is 11.7. The second-order valence-corrected chi connectivity index (χ2v) is 5.69. The maximum Gasteiger partial charge on any atom is 0.348 e. The molecule has 0 amide bonds. The van der Waals surface area contributed by atoms with E-state index in [-0.39, 0.29) is 6.61 Å². The fourth-order valence-electron chi connectivity index (χ4n) is 1.54. The molecule has 2 atom stereocenters. The zero-order valence-corrected chi connectivity index (χ0v) is 12.6. The molecule has 0 aliphatic rings. The molecule has 0 aromatic carbocycles. The Hall–Kier alpha value is -1.55. The summed E-state index contributed by atoms with van der Waals surface area (Å²) < 4.78 is 22.1. The molecule has 1 aromatic heterocycles. The van der Waals surface area contributed by atoms with Crippen molar-refractivity contribution >= 4 is 7.60 Å². The minimum atomic E-state index is -4.40. The highest BCUT2D eigenvalue weighted by atomic mass is 31.2. The molecule has 4 N–H and O–H groups in total. The van der Waals surface area contributed by atoms with E-state index < -0.39 is 37.8 Å². The van der Waals surface area contributed by atoms with Gasteiger partial charge >= 0.3 is 13.3 Å². The number of rotatable bonds is 8. The van der Waals surface area contributed by atoms with E-state index in [4.69, 9.17) is 19.3 Å². The van der Waals surface area contributed by atoms with Crippen LogP contribution in [0.3, 0.4) is 0 Å². The molecule has 0 unspecified atom stereocenters. The molecule has 0 radical (unpaired) electrons. The lowest BCUT2D eigenvalue weighted by Gasteiger charge is -2.22. The van der Waals surface area contributed by atoms with Crippen LogP contribution in [0.2, 0.25) is 0 Å². The summed E-state index contributed by atoms with van der Waals surface area (Å²) in [6.07, 6.45) is 0.0890. The van der Waals surface area contributed by atoms with Gasteiger partial charge in [0.2, 0.25) is 0 Å². The first-order valence-electron chi connectivity index (χ1n) is 6.08. The molecule has 0 aliphatic heterocycles. The molecule has 0 saturated carbocycles. The summed E-state index contributed by atoms with van der Waals surface area (Å²) >= 11 is 0. The summed E-state index contributed by atoms with van der Waals surface area (Å²) in [7, 11) is -3.04. The maximum absolute atomic E-state index is 11.7. The van der Waals surface area contributed by atoms with E-state index in [9.17, 15) is 19.3 Å². The molecule has 11 heteroatoms. The van der Waals surface area contributed by atoms with Crippen molar-refractivity contribution < 1.29 is 28.9 Å². The van der Waals surface area contributed by atoms with E-state index in [0.717, 1.165) is 16.7 Å². The van der Waals surface area contributed by atoms with Crippen LogP contribution in [0.25, 0.3) is 0 Å². The molecule has 1 aromatic rings. The molecule has 0 spiro atoms. The Balaban J connectivity index is 3.00. The Kier molecular flexibility index (Phi) is 6.88. The van der Waals surface area contributed by atoms with Crippen molar-refractivity contribution in [3.63, 3.8) is 0 Å². The summed E-state index contributed by atoms with van der Waals surface area (Å²) in [5, 5.41) is 9.19. The molecule has 0 aliphatic carbocycles. The summed E-state index contributed by atoms with van der Waals surface area (Å²) in [6.45, 7) is -0.666. The number of aliphatic hydroxyl groups is 1. The number of ether oxygens (including phenoxy) is 2. The Bertz CT molecular complexity index is 661. The summed E-state index contributed by atoms with van der Waals surface area (Å²) in [5.74, 6) is 0.591. The van der Waals surface area contributed by atoms with Crippen molar-refractivity contribution in [2.24, 2.45) is 0 Å². The van der Waals surface area contributed by atoms with Gasteiger partial charge in [-0.15, -0.1) is 0 Å². The molecule has 1 heterocycles. The molecular formula is C11H17N2O8P. The number of nitrogens with one attached hydrogen (secondary N) is 1. The third-order valence-electron chi connectivity index (χ3n) is 2.48. The minimum Gasteiger partial charge on any atom is -0.393 e. The second kappa shape index (κ2) is 8.18. The smallest absolute Gasteiger partial charge is 0.348 e. The Morgan fingerprint density at radius 1 is 1.45 bits per heavy atom. The molecule has 0 bridgehead atoms. The first kappa shape index (κ1) is 18.5. The standard InChI is InChI=1S/C11H17N2O8P/c1-20-7-10(13-4-2-9(15)12-11(13)16)21-8(6-14)3-5-22(17,18)19/h2-5,8,10,14H,6-7H2,1H3,(H,12,15,16)(H2,17,18,19)/b5-3+/t8-,10-/m1/s1. The van der Waals surface area contributed by atoms with Crippen LogP contribution >= 0.6 is 7.60 Å².